The zero-order valence-corrected chi connectivity index (χ0v) is 38.5. The first-order chi connectivity index (χ1) is 26.7. The Morgan fingerprint density at radius 3 is 0.759 bits per heavy atom. The zero-order chi connectivity index (χ0) is 41.9. The van der Waals surface area contributed by atoms with Crippen LogP contribution < -0.4 is 10.6 Å². The summed E-state index contributed by atoms with van der Waals surface area (Å²) in [5.74, 6) is 0. The van der Waals surface area contributed by atoms with Gasteiger partial charge in [-0.3, -0.25) is 0 Å². The van der Waals surface area contributed by atoms with Crippen LogP contribution in [-0.2, 0) is 41.3 Å². The number of hydrogen-bond acceptors (Lipinski definition) is 8. The maximum Gasteiger partial charge on any atom is 0.210 e. The van der Waals surface area contributed by atoms with Gasteiger partial charge in [0.25, 0.3) is 0 Å². The lowest BCUT2D eigenvalue weighted by Crippen LogP contribution is -2.20. The fourth-order valence-corrected chi connectivity index (χ4v) is 13.5. The summed E-state index contributed by atoms with van der Waals surface area (Å²) in [5, 5.41) is 7.48. The van der Waals surface area contributed by atoms with E-state index in [9.17, 15) is 0 Å². The second kappa shape index (κ2) is 12.2. The molecule has 0 radical (unpaired) electrons. The van der Waals surface area contributed by atoms with E-state index < -0.39 is 19.7 Å². The minimum Gasteiger partial charge on any atom is -0.352 e. The smallest absolute Gasteiger partial charge is 0.210 e. The van der Waals surface area contributed by atoms with Crippen LogP contribution >= 0.6 is 22.7 Å². The van der Waals surface area contributed by atoms with Crippen LogP contribution in [0.2, 0.25) is 0 Å². The Kier molecular flexibility index (Phi) is 8.24. The fourth-order valence-electron chi connectivity index (χ4n) is 8.08. The standard InChI is InChI=1S/C48H50N2O4S4/c1-45(2,3)25-17-29-33-13-14-34(55-33)30-19-27(47(7,8)9)23-39-43(30)50-44-32(20-28(48(10,11)12)24-40(44)58(39,53)54)36-16-15-35(56-36)31-18-26(46(4,5)6)22-38-42(31)49-41(29)37(21-25)57(38,51)52/h13-24,49-50H,1-12H3. The quantitative estimate of drug-likeness (QED) is 0.158. The minimum atomic E-state index is -4.00. The largest absolute Gasteiger partial charge is 0.352 e. The molecule has 2 aromatic heterocycles. The van der Waals surface area contributed by atoms with Crippen LogP contribution in [0.1, 0.15) is 105 Å². The number of thiophene rings is 2. The molecular formula is C48H50N2O4S4. The van der Waals surface area contributed by atoms with Crippen molar-refractivity contribution in [1.29, 1.82) is 0 Å². The Hall–Kier alpha value is -4.22. The molecule has 300 valence electrons. The normalized spacial score (nSPS) is 16.1. The molecule has 6 aromatic rings. The molecule has 4 aromatic carbocycles. The van der Waals surface area contributed by atoms with E-state index in [1.54, 1.807) is 22.7 Å². The highest BCUT2D eigenvalue weighted by Gasteiger charge is 2.39. The van der Waals surface area contributed by atoms with Gasteiger partial charge in [0, 0.05) is 41.8 Å². The van der Waals surface area contributed by atoms with Gasteiger partial charge in [0.1, 0.15) is 0 Å². The van der Waals surface area contributed by atoms with Crippen LogP contribution in [0.3, 0.4) is 0 Å². The summed E-state index contributed by atoms with van der Waals surface area (Å²) in [6, 6.07) is 24.1. The van der Waals surface area contributed by atoms with Crippen LogP contribution in [0.15, 0.2) is 92.4 Å². The molecule has 0 amide bonds. The lowest BCUT2D eigenvalue weighted by molar-refractivity contribution is 0.578. The molecule has 6 nitrogen and oxygen atoms in total. The fraction of sp³-hybridized carbons (Fsp3) is 0.333. The van der Waals surface area contributed by atoms with Gasteiger partial charge < -0.3 is 10.6 Å². The molecule has 0 spiro atoms. The van der Waals surface area contributed by atoms with E-state index in [0.717, 1.165) is 64.0 Å². The van der Waals surface area contributed by atoms with Crippen molar-refractivity contribution in [2.24, 2.45) is 0 Å². The van der Waals surface area contributed by atoms with Crippen molar-refractivity contribution in [3.05, 3.63) is 95.1 Å². The number of anilines is 4. The average Bonchev–Trinajstić information content (AvgIpc) is 3.80. The molecule has 2 N–H and O–H groups in total. The summed E-state index contributed by atoms with van der Waals surface area (Å²) >= 11 is 3.09. The van der Waals surface area contributed by atoms with Crippen molar-refractivity contribution in [3.63, 3.8) is 0 Å². The maximum absolute atomic E-state index is 15.2. The molecule has 0 atom stereocenters. The molecule has 58 heavy (non-hydrogen) atoms. The molecule has 10 heteroatoms. The van der Waals surface area contributed by atoms with Gasteiger partial charge >= 0.3 is 0 Å². The van der Waals surface area contributed by atoms with Gasteiger partial charge in [0.05, 0.1) is 42.3 Å². The Balaban J connectivity index is 1.45. The molecule has 8 bridgehead atoms. The van der Waals surface area contributed by atoms with Gasteiger partial charge in [-0.2, -0.15) is 0 Å². The number of nitrogens with one attached hydrogen (secondary N) is 2. The SMILES string of the molecule is CC(C)(C)c1cc2c3c(c1)S(=O)(=O)c1cc(C(C)(C)C)cc(c1N3)-c1ccc(s1)-c1cc(C(C)(C)C)cc3c1Nc1c(cc(C(C)(C)C)cc1S3(=O)=O)-c1ccc-2s1. The van der Waals surface area contributed by atoms with E-state index in [4.69, 9.17) is 0 Å². The Morgan fingerprint density at radius 1 is 0.362 bits per heavy atom. The van der Waals surface area contributed by atoms with Crippen LogP contribution in [0.5, 0.6) is 0 Å². The summed E-state index contributed by atoms with van der Waals surface area (Å²) in [7, 11) is -8.00. The topological polar surface area (TPSA) is 92.3 Å². The van der Waals surface area contributed by atoms with Gasteiger partial charge in [-0.05, 0) is 117 Å². The Labute approximate surface area is 351 Å². The van der Waals surface area contributed by atoms with E-state index in [1.807, 2.05) is 48.5 Å². The Bertz CT molecular complexity index is 2620. The molecule has 0 fully saturated rings. The number of hydrogen-bond donors (Lipinski definition) is 2. The van der Waals surface area contributed by atoms with E-state index >= 15 is 16.8 Å². The van der Waals surface area contributed by atoms with Crippen molar-refractivity contribution in [2.45, 2.75) is 124 Å². The summed E-state index contributed by atoms with van der Waals surface area (Å²) in [6.07, 6.45) is 0. The summed E-state index contributed by atoms with van der Waals surface area (Å²) in [6.45, 7) is 25.2. The van der Waals surface area contributed by atoms with Gasteiger partial charge in [0.15, 0.2) is 0 Å². The number of benzene rings is 4. The summed E-state index contributed by atoms with van der Waals surface area (Å²) in [4.78, 5) is 4.57. The van der Waals surface area contributed by atoms with Crippen molar-refractivity contribution in [3.8, 4) is 41.8 Å². The highest BCUT2D eigenvalue weighted by Crippen LogP contribution is 2.56. The lowest BCUT2D eigenvalue weighted by Gasteiger charge is -2.31. The molecule has 9 rings (SSSR count). The summed E-state index contributed by atoms with van der Waals surface area (Å²) < 4.78 is 60.8. The van der Waals surface area contributed by atoms with Crippen molar-refractivity contribution in [1.82, 2.24) is 0 Å². The van der Waals surface area contributed by atoms with E-state index in [2.05, 4.69) is 118 Å². The zero-order valence-electron chi connectivity index (χ0n) is 35.2. The lowest BCUT2D eigenvalue weighted by atomic mass is 9.84. The van der Waals surface area contributed by atoms with E-state index in [0.29, 0.717) is 22.7 Å². The number of rotatable bonds is 0. The van der Waals surface area contributed by atoms with Crippen LogP contribution in [-0.4, -0.2) is 16.8 Å². The third-order valence-electron chi connectivity index (χ3n) is 11.8. The van der Waals surface area contributed by atoms with Crippen LogP contribution in [0.4, 0.5) is 22.7 Å². The average molecular weight is 847 g/mol. The monoisotopic (exact) mass is 846 g/mol. The molecule has 0 saturated carbocycles. The molecule has 0 saturated heterocycles. The van der Waals surface area contributed by atoms with Gasteiger partial charge in [-0.25, -0.2) is 16.8 Å². The minimum absolute atomic E-state index is 0.262. The third-order valence-corrected chi connectivity index (χ3v) is 17.7. The highest BCUT2D eigenvalue weighted by atomic mass is 32.2. The number of sulfone groups is 2. The van der Waals surface area contributed by atoms with Gasteiger partial charge in [0.2, 0.25) is 19.7 Å². The van der Waals surface area contributed by atoms with E-state index in [-0.39, 0.29) is 41.2 Å². The third kappa shape index (κ3) is 5.95. The van der Waals surface area contributed by atoms with Crippen molar-refractivity contribution in [2.75, 3.05) is 10.6 Å². The van der Waals surface area contributed by atoms with Crippen molar-refractivity contribution >= 4 is 65.1 Å². The van der Waals surface area contributed by atoms with Crippen LogP contribution in [0, 0.1) is 0 Å². The van der Waals surface area contributed by atoms with Crippen LogP contribution in [0.25, 0.3) is 41.8 Å². The molecule has 5 heterocycles. The molecule has 3 aliphatic heterocycles. The molecular weight excluding hydrogens is 797 g/mol. The van der Waals surface area contributed by atoms with Gasteiger partial charge in [-0.1, -0.05) is 83.1 Å². The molecule has 0 aliphatic carbocycles. The first-order valence-corrected chi connectivity index (χ1v) is 24.3. The second-order valence-electron chi connectivity index (χ2n) is 20.2. The highest BCUT2D eigenvalue weighted by molar-refractivity contribution is 7.92. The van der Waals surface area contributed by atoms with E-state index in [1.165, 1.54) is 0 Å². The molecule has 3 aliphatic rings. The first kappa shape index (κ1) is 39.3. The predicted octanol–water partition coefficient (Wildman–Crippen LogP) is 13.8. The van der Waals surface area contributed by atoms with Gasteiger partial charge in [-0.15, -0.1) is 22.7 Å². The second-order valence-corrected chi connectivity index (χ2v) is 26.1. The predicted molar refractivity (Wildman–Crippen MR) is 243 cm³/mol. The number of fused-ring (bicyclic) bond motifs is 8. The Morgan fingerprint density at radius 2 is 0.569 bits per heavy atom. The summed E-state index contributed by atoms with van der Waals surface area (Å²) in [5.41, 5.74) is 7.64. The maximum atomic E-state index is 15.2. The molecule has 0 unspecified atom stereocenters. The first-order valence-electron chi connectivity index (χ1n) is 19.7. The van der Waals surface area contributed by atoms with Crippen molar-refractivity contribution < 1.29 is 16.8 Å².